The van der Waals surface area contributed by atoms with Crippen LogP contribution < -0.4 is 5.73 Å². The fourth-order valence-corrected chi connectivity index (χ4v) is 1.43. The summed E-state index contributed by atoms with van der Waals surface area (Å²) in [5, 5.41) is 18.7. The molecule has 0 bridgehead atoms. The van der Waals surface area contributed by atoms with Gasteiger partial charge in [0.25, 0.3) is 5.69 Å². The van der Waals surface area contributed by atoms with Crippen LogP contribution in [0.2, 0.25) is 0 Å². The summed E-state index contributed by atoms with van der Waals surface area (Å²) in [5.41, 5.74) is 5.69. The van der Waals surface area contributed by atoms with E-state index < -0.39 is 4.92 Å². The van der Waals surface area contributed by atoms with Crippen molar-refractivity contribution in [3.63, 3.8) is 0 Å². The van der Waals surface area contributed by atoms with Crippen LogP contribution in [0, 0.1) is 15.5 Å². The fourth-order valence-electron chi connectivity index (χ4n) is 1.43. The lowest BCUT2D eigenvalue weighted by Crippen LogP contribution is -2.13. The number of amidine groups is 1. The lowest BCUT2D eigenvalue weighted by Gasteiger charge is -2.01. The molecule has 1 heterocycles. The average Bonchev–Trinajstić information content (AvgIpc) is 2.27. The van der Waals surface area contributed by atoms with Gasteiger partial charge >= 0.3 is 0 Å². The molecule has 2 rings (SSSR count). The monoisotopic (exact) mass is 216 g/mol. The van der Waals surface area contributed by atoms with Crippen molar-refractivity contribution in [2.24, 2.45) is 5.73 Å². The van der Waals surface area contributed by atoms with Gasteiger partial charge in [-0.25, -0.2) is 4.98 Å². The van der Waals surface area contributed by atoms with Crippen molar-refractivity contribution in [3.05, 3.63) is 46.1 Å². The maximum atomic E-state index is 10.8. The van der Waals surface area contributed by atoms with Gasteiger partial charge in [-0.05, 0) is 6.07 Å². The zero-order valence-corrected chi connectivity index (χ0v) is 8.18. The molecule has 1 aromatic carbocycles. The molecule has 6 nitrogen and oxygen atoms in total. The second-order valence-corrected chi connectivity index (χ2v) is 3.22. The molecule has 0 aliphatic heterocycles. The standard InChI is InChI=1S/C10H8N4O2/c11-10(12)7-5-4-6-2-1-3-8(14(15)16)9(6)13-7/h1-5H,(H3,11,12). The van der Waals surface area contributed by atoms with Gasteiger partial charge in [-0.15, -0.1) is 0 Å². The molecular formula is C10H8N4O2. The number of pyridine rings is 1. The number of nitrogens with one attached hydrogen (secondary N) is 1. The van der Waals surface area contributed by atoms with E-state index in [1.165, 1.54) is 6.07 Å². The number of nitro benzene ring substituents is 1. The first-order valence-electron chi connectivity index (χ1n) is 4.48. The SMILES string of the molecule is N=C(N)c1ccc2cccc([N+](=O)[O-])c2n1. The molecular weight excluding hydrogens is 208 g/mol. The molecule has 1 aromatic heterocycles. The normalized spacial score (nSPS) is 10.2. The van der Waals surface area contributed by atoms with E-state index >= 15 is 0 Å². The van der Waals surface area contributed by atoms with Gasteiger partial charge in [0.2, 0.25) is 0 Å². The van der Waals surface area contributed by atoms with Crippen molar-refractivity contribution < 1.29 is 4.92 Å². The van der Waals surface area contributed by atoms with Crippen LogP contribution in [-0.4, -0.2) is 15.7 Å². The second-order valence-electron chi connectivity index (χ2n) is 3.22. The summed E-state index contributed by atoms with van der Waals surface area (Å²) in [6, 6.07) is 7.91. The highest BCUT2D eigenvalue weighted by molar-refractivity contribution is 5.97. The number of rotatable bonds is 2. The number of nitrogen functional groups attached to an aromatic ring is 1. The summed E-state index contributed by atoms with van der Waals surface area (Å²) in [7, 11) is 0. The highest BCUT2D eigenvalue weighted by atomic mass is 16.6. The van der Waals surface area contributed by atoms with Gasteiger partial charge < -0.3 is 5.73 Å². The molecule has 0 unspecified atom stereocenters. The Morgan fingerprint density at radius 2 is 2.12 bits per heavy atom. The van der Waals surface area contributed by atoms with E-state index in [0.29, 0.717) is 5.39 Å². The maximum Gasteiger partial charge on any atom is 0.295 e. The molecule has 0 aliphatic carbocycles. The van der Waals surface area contributed by atoms with Crippen molar-refractivity contribution >= 4 is 22.4 Å². The minimum absolute atomic E-state index is 0.0828. The summed E-state index contributed by atoms with van der Waals surface area (Å²) in [5.74, 6) is -0.208. The molecule has 0 saturated heterocycles. The van der Waals surface area contributed by atoms with Gasteiger partial charge in [0.15, 0.2) is 0 Å². The lowest BCUT2D eigenvalue weighted by molar-refractivity contribution is -0.383. The molecule has 0 aliphatic rings. The molecule has 0 spiro atoms. The Balaban J connectivity index is 2.78. The highest BCUT2D eigenvalue weighted by Gasteiger charge is 2.13. The Morgan fingerprint density at radius 3 is 2.75 bits per heavy atom. The van der Waals surface area contributed by atoms with Gasteiger partial charge in [0, 0.05) is 11.5 Å². The summed E-state index contributed by atoms with van der Waals surface area (Å²) >= 11 is 0. The Bertz CT molecular complexity index is 594. The molecule has 0 saturated carbocycles. The number of nitrogens with zero attached hydrogens (tertiary/aromatic N) is 2. The van der Waals surface area contributed by atoms with Crippen LogP contribution in [0.1, 0.15) is 5.69 Å². The first kappa shape index (κ1) is 10.0. The Labute approximate surface area is 90.4 Å². The molecule has 2 aromatic rings. The summed E-state index contributed by atoms with van der Waals surface area (Å²) in [4.78, 5) is 14.3. The highest BCUT2D eigenvalue weighted by Crippen LogP contribution is 2.23. The topological polar surface area (TPSA) is 106 Å². The van der Waals surface area contributed by atoms with Crippen LogP contribution in [0.4, 0.5) is 5.69 Å². The number of hydrogen-bond donors (Lipinski definition) is 2. The second kappa shape index (κ2) is 3.58. The molecule has 6 heteroatoms. The van der Waals surface area contributed by atoms with E-state index in [1.807, 2.05) is 0 Å². The van der Waals surface area contributed by atoms with E-state index in [2.05, 4.69) is 4.98 Å². The van der Waals surface area contributed by atoms with E-state index in [4.69, 9.17) is 11.1 Å². The summed E-state index contributed by atoms with van der Waals surface area (Å²) in [6.45, 7) is 0. The number of hydrogen-bond acceptors (Lipinski definition) is 4. The number of non-ortho nitro benzene ring substituents is 1. The van der Waals surface area contributed by atoms with E-state index in [0.717, 1.165) is 0 Å². The van der Waals surface area contributed by atoms with Crippen molar-refractivity contribution in [2.75, 3.05) is 0 Å². The number of aromatic nitrogens is 1. The zero-order valence-electron chi connectivity index (χ0n) is 8.18. The van der Waals surface area contributed by atoms with Crippen LogP contribution >= 0.6 is 0 Å². The third-order valence-corrected chi connectivity index (χ3v) is 2.17. The fraction of sp³-hybridized carbons (Fsp3) is 0. The van der Waals surface area contributed by atoms with E-state index in [-0.39, 0.29) is 22.7 Å². The van der Waals surface area contributed by atoms with Crippen LogP contribution in [0.5, 0.6) is 0 Å². The number of nitrogens with two attached hydrogens (primary N) is 1. The molecule has 0 amide bonds. The largest absolute Gasteiger partial charge is 0.382 e. The van der Waals surface area contributed by atoms with Gasteiger partial charge in [-0.1, -0.05) is 18.2 Å². The first-order chi connectivity index (χ1) is 7.59. The van der Waals surface area contributed by atoms with Crippen LogP contribution in [0.25, 0.3) is 10.9 Å². The predicted molar refractivity (Wildman–Crippen MR) is 59.4 cm³/mol. The predicted octanol–water partition coefficient (Wildman–Crippen LogP) is 1.43. The first-order valence-corrected chi connectivity index (χ1v) is 4.48. The summed E-state index contributed by atoms with van der Waals surface area (Å²) in [6.07, 6.45) is 0. The molecule has 0 radical (unpaired) electrons. The van der Waals surface area contributed by atoms with Gasteiger partial charge in [0.1, 0.15) is 17.0 Å². The number of benzene rings is 1. The lowest BCUT2D eigenvalue weighted by atomic mass is 10.1. The number of para-hydroxylation sites is 1. The minimum atomic E-state index is -0.501. The Hall–Kier alpha value is -2.50. The van der Waals surface area contributed by atoms with Crippen LogP contribution in [0.15, 0.2) is 30.3 Å². The molecule has 3 N–H and O–H groups in total. The Morgan fingerprint density at radius 1 is 1.38 bits per heavy atom. The van der Waals surface area contributed by atoms with Crippen LogP contribution in [-0.2, 0) is 0 Å². The third kappa shape index (κ3) is 1.56. The quantitative estimate of drug-likeness (QED) is 0.342. The van der Waals surface area contributed by atoms with Crippen LogP contribution in [0.3, 0.4) is 0 Å². The van der Waals surface area contributed by atoms with Crippen molar-refractivity contribution in [2.45, 2.75) is 0 Å². The molecule has 16 heavy (non-hydrogen) atoms. The van der Waals surface area contributed by atoms with Gasteiger partial charge in [0.05, 0.1) is 4.92 Å². The molecule has 0 fully saturated rings. The van der Waals surface area contributed by atoms with E-state index in [9.17, 15) is 10.1 Å². The van der Waals surface area contributed by atoms with E-state index in [1.54, 1.807) is 24.3 Å². The summed E-state index contributed by atoms with van der Waals surface area (Å²) < 4.78 is 0. The van der Waals surface area contributed by atoms with Crippen molar-refractivity contribution in [1.82, 2.24) is 4.98 Å². The third-order valence-electron chi connectivity index (χ3n) is 2.17. The molecule has 80 valence electrons. The minimum Gasteiger partial charge on any atom is -0.382 e. The smallest absolute Gasteiger partial charge is 0.295 e. The maximum absolute atomic E-state index is 10.8. The van der Waals surface area contributed by atoms with Crippen molar-refractivity contribution in [3.8, 4) is 0 Å². The zero-order chi connectivity index (χ0) is 11.7. The van der Waals surface area contributed by atoms with Gasteiger partial charge in [-0.3, -0.25) is 15.5 Å². The van der Waals surface area contributed by atoms with Gasteiger partial charge in [-0.2, -0.15) is 0 Å². The number of fused-ring (bicyclic) bond motifs is 1. The molecule has 0 atom stereocenters. The average molecular weight is 216 g/mol. The number of nitro groups is 1. The Kier molecular flexibility index (Phi) is 2.24. The van der Waals surface area contributed by atoms with Crippen molar-refractivity contribution in [1.29, 1.82) is 5.41 Å².